The summed E-state index contributed by atoms with van der Waals surface area (Å²) < 4.78 is 7.35. The summed E-state index contributed by atoms with van der Waals surface area (Å²) in [4.78, 5) is 66.2. The lowest BCUT2D eigenvalue weighted by atomic mass is 9.89. The minimum absolute atomic E-state index is 0.0446. The number of urea groups is 1. The summed E-state index contributed by atoms with van der Waals surface area (Å²) in [5.41, 5.74) is 4.22. The van der Waals surface area contributed by atoms with Crippen LogP contribution in [-0.2, 0) is 27.5 Å². The average Bonchev–Trinajstić information content (AvgIpc) is 3.82. The van der Waals surface area contributed by atoms with Crippen LogP contribution in [0, 0.1) is 6.92 Å². The van der Waals surface area contributed by atoms with Crippen LogP contribution in [-0.4, -0.2) is 124 Å². The first-order valence-electron chi connectivity index (χ1n) is 28.7. The van der Waals surface area contributed by atoms with Crippen LogP contribution in [0.25, 0.3) is 21.8 Å². The number of pyridine rings is 1. The van der Waals surface area contributed by atoms with Crippen molar-refractivity contribution in [3.63, 3.8) is 0 Å². The third-order valence-corrected chi connectivity index (χ3v) is 16.1. The van der Waals surface area contributed by atoms with E-state index in [1.807, 2.05) is 54.4 Å². The van der Waals surface area contributed by atoms with Crippen LogP contribution in [0.4, 0.5) is 4.79 Å². The Morgan fingerprint density at radius 1 is 0.708 bits per heavy atom. The Kier molecular flexibility index (Phi) is 22.3. The Hall–Kier alpha value is -4.75. The second-order valence-corrected chi connectivity index (χ2v) is 21.8. The number of para-hydroxylation sites is 1. The summed E-state index contributed by atoms with van der Waals surface area (Å²) in [5.74, 6) is -0.215. The first-order valence-corrected chi connectivity index (χ1v) is 28.7. The van der Waals surface area contributed by atoms with E-state index >= 15 is 0 Å². The number of piperidine rings is 2. The lowest BCUT2D eigenvalue weighted by Gasteiger charge is -2.43. The van der Waals surface area contributed by atoms with Gasteiger partial charge in [-0.15, -0.1) is 0 Å². The first kappa shape index (κ1) is 55.0. The molecule has 3 saturated heterocycles. The number of hydrogen-bond acceptors (Lipinski definition) is 8. The van der Waals surface area contributed by atoms with Gasteiger partial charge in [-0.25, -0.2) is 9.48 Å². The average molecular weight is 991 g/mol. The maximum atomic E-state index is 14.5. The van der Waals surface area contributed by atoms with Crippen LogP contribution >= 0.6 is 0 Å². The van der Waals surface area contributed by atoms with E-state index in [0.29, 0.717) is 57.9 Å². The number of rotatable bonds is 28. The van der Waals surface area contributed by atoms with Crippen molar-refractivity contribution in [2.75, 3.05) is 59.4 Å². The van der Waals surface area contributed by atoms with E-state index < -0.39 is 6.04 Å². The summed E-state index contributed by atoms with van der Waals surface area (Å²) >= 11 is 0. The Bertz CT molecular complexity index is 2340. The molecule has 2 aromatic heterocycles. The van der Waals surface area contributed by atoms with Crippen molar-refractivity contribution in [2.24, 2.45) is 0 Å². The minimum Gasteiger partial charge on any atom is -0.442 e. The van der Waals surface area contributed by atoms with Gasteiger partial charge < -0.3 is 29.7 Å². The molecular formula is C59H90N8O5. The number of nitrogens with zero attached hydrogens (tertiary/aromatic N) is 6. The monoisotopic (exact) mass is 991 g/mol. The zero-order valence-corrected chi connectivity index (χ0v) is 44.6. The van der Waals surface area contributed by atoms with Gasteiger partial charge in [0, 0.05) is 80.8 Å². The van der Waals surface area contributed by atoms with E-state index in [1.54, 1.807) is 9.58 Å². The van der Waals surface area contributed by atoms with Crippen LogP contribution < -0.4 is 10.9 Å². The van der Waals surface area contributed by atoms with Gasteiger partial charge in [0.05, 0.1) is 5.52 Å². The van der Waals surface area contributed by atoms with Crippen molar-refractivity contribution in [3.8, 4) is 0 Å². The number of carbonyl (C=O) groups excluding carboxylic acids is 3. The van der Waals surface area contributed by atoms with Crippen molar-refractivity contribution in [1.82, 2.24) is 39.7 Å². The predicted molar refractivity (Wildman–Crippen MR) is 291 cm³/mol. The van der Waals surface area contributed by atoms with Gasteiger partial charge in [0.25, 0.3) is 5.56 Å². The molecule has 5 heterocycles. The van der Waals surface area contributed by atoms with Gasteiger partial charge in [0.15, 0.2) is 6.73 Å². The van der Waals surface area contributed by atoms with Gasteiger partial charge in [-0.05, 0) is 99.8 Å². The maximum Gasteiger partial charge on any atom is 0.318 e. The summed E-state index contributed by atoms with van der Waals surface area (Å²) in [6.45, 7) is 10.5. The Morgan fingerprint density at radius 2 is 1.31 bits per heavy atom. The molecule has 7 rings (SSSR count). The number of fused-ring (bicyclic) bond motifs is 2. The number of ether oxygens (including phenoxy) is 1. The van der Waals surface area contributed by atoms with Crippen molar-refractivity contribution in [1.29, 1.82) is 0 Å². The third kappa shape index (κ3) is 16.9. The first-order chi connectivity index (χ1) is 35.1. The molecule has 4 aromatic rings. The number of likely N-dealkylation sites (tertiary alicyclic amines) is 2. The highest BCUT2D eigenvalue weighted by atomic mass is 16.5. The van der Waals surface area contributed by atoms with Crippen LogP contribution in [0.3, 0.4) is 0 Å². The molecule has 3 fully saturated rings. The smallest absolute Gasteiger partial charge is 0.318 e. The van der Waals surface area contributed by atoms with Crippen LogP contribution in [0.5, 0.6) is 0 Å². The number of amides is 3. The molecule has 0 unspecified atom stereocenters. The molecular weight excluding hydrogens is 901 g/mol. The molecule has 0 radical (unpaired) electrons. The molecule has 3 aliphatic heterocycles. The number of H-pyrrole nitrogens is 1. The normalized spacial score (nSPS) is 17.0. The fourth-order valence-electron chi connectivity index (χ4n) is 11.6. The summed E-state index contributed by atoms with van der Waals surface area (Å²) in [5, 5.41) is 9.86. The lowest BCUT2D eigenvalue weighted by Crippen LogP contribution is -2.59. The molecule has 396 valence electrons. The summed E-state index contributed by atoms with van der Waals surface area (Å²) in [6.07, 6.45) is 31.4. The highest BCUT2D eigenvalue weighted by Gasteiger charge is 2.34. The predicted octanol–water partition coefficient (Wildman–Crippen LogP) is 11.2. The number of piperazine rings is 1. The van der Waals surface area contributed by atoms with E-state index in [2.05, 4.69) is 40.1 Å². The van der Waals surface area contributed by atoms with Gasteiger partial charge in [-0.3, -0.25) is 19.3 Å². The zero-order chi connectivity index (χ0) is 50.5. The molecule has 2 N–H and O–H groups in total. The maximum absolute atomic E-state index is 14.5. The van der Waals surface area contributed by atoms with Crippen LogP contribution in [0.1, 0.15) is 184 Å². The molecule has 72 heavy (non-hydrogen) atoms. The third-order valence-electron chi connectivity index (χ3n) is 16.1. The van der Waals surface area contributed by atoms with Gasteiger partial charge in [0.2, 0.25) is 5.91 Å². The second kappa shape index (κ2) is 29.2. The number of unbranched alkanes of at least 4 members (excludes halogenated alkanes) is 18. The van der Waals surface area contributed by atoms with Gasteiger partial charge >= 0.3 is 12.0 Å². The van der Waals surface area contributed by atoms with Crippen LogP contribution in [0.15, 0.2) is 53.5 Å². The molecule has 0 spiro atoms. The zero-order valence-electron chi connectivity index (χ0n) is 44.6. The van der Waals surface area contributed by atoms with E-state index in [9.17, 15) is 19.2 Å². The van der Waals surface area contributed by atoms with E-state index in [0.717, 1.165) is 96.8 Å². The SMILES string of the molecule is CCCCCCCCCCCCCCCCCCCCCC(=O)OCn1cc2cc(C[C@@H](NC(=O)N3CCC(c4cc5ccccc5[nH]c4=O)CC3)C(=O)N3CCN(C4CCN(C)CC4)CC3)cc(C)c2n1. The van der Waals surface area contributed by atoms with Crippen molar-refractivity contribution in [2.45, 2.75) is 199 Å². The van der Waals surface area contributed by atoms with E-state index in [1.165, 1.54) is 103 Å². The molecule has 2 aromatic carbocycles. The number of esters is 1. The highest BCUT2D eigenvalue weighted by molar-refractivity contribution is 5.88. The van der Waals surface area contributed by atoms with Gasteiger partial charge in [-0.1, -0.05) is 147 Å². The number of aromatic nitrogens is 3. The lowest BCUT2D eigenvalue weighted by molar-refractivity contribution is -0.148. The number of nitrogens with one attached hydrogen (secondary N) is 2. The molecule has 13 heteroatoms. The Morgan fingerprint density at radius 3 is 1.93 bits per heavy atom. The van der Waals surface area contributed by atoms with E-state index in [4.69, 9.17) is 9.84 Å². The van der Waals surface area contributed by atoms with Crippen molar-refractivity contribution < 1.29 is 19.1 Å². The number of aromatic amines is 1. The quantitative estimate of drug-likeness (QED) is 0.0424. The molecule has 3 amide bonds. The molecule has 0 saturated carbocycles. The number of aryl methyl sites for hydroxylation is 1. The summed E-state index contributed by atoms with van der Waals surface area (Å²) in [7, 11) is 2.18. The van der Waals surface area contributed by atoms with Gasteiger partial charge in [0.1, 0.15) is 6.04 Å². The number of carbonyl (C=O) groups is 3. The van der Waals surface area contributed by atoms with Crippen LogP contribution in [0.2, 0.25) is 0 Å². The molecule has 1 atom stereocenters. The fraction of sp³-hybridized carbons (Fsp3) is 0.678. The fourth-order valence-corrected chi connectivity index (χ4v) is 11.6. The van der Waals surface area contributed by atoms with Gasteiger partial charge in [-0.2, -0.15) is 5.10 Å². The highest BCUT2D eigenvalue weighted by Crippen LogP contribution is 2.28. The minimum atomic E-state index is -0.759. The molecule has 0 bridgehead atoms. The van der Waals surface area contributed by atoms with E-state index in [-0.39, 0.29) is 36.1 Å². The topological polar surface area (TPSA) is 136 Å². The Labute approximate surface area is 431 Å². The molecule has 3 aliphatic rings. The second-order valence-electron chi connectivity index (χ2n) is 21.8. The van der Waals surface area contributed by atoms with Crippen molar-refractivity contribution in [3.05, 3.63) is 75.7 Å². The molecule has 0 aliphatic carbocycles. The number of hydrogen-bond donors (Lipinski definition) is 2. The summed E-state index contributed by atoms with van der Waals surface area (Å²) in [6, 6.07) is 13.4. The largest absolute Gasteiger partial charge is 0.442 e. The number of benzene rings is 2. The Balaban J connectivity index is 0.849. The van der Waals surface area contributed by atoms with Crippen molar-refractivity contribution >= 4 is 39.7 Å². The molecule has 13 nitrogen and oxygen atoms in total. The standard InChI is InChI=1S/C59H90N8O5/c1-4-5-6-7-8-9-10-11-12-13-14-15-16-17-18-19-20-21-22-27-55(68)72-45-67-44-50-41-47(40-46(2)56(50)62-67)42-54(58(70)65-38-36-64(37-39-65)51-30-32-63(3)33-31-51)61-59(71)66-34-28-48(29-35-66)52-43-49-25-23-24-26-53(49)60-57(52)69/h23-26,40-41,43-44,48,51,54H,4-22,27-39,42,45H2,1-3H3,(H,60,69)(H,61,71)/t54-/m1/s1.